The third kappa shape index (κ3) is 9.12. The molecule has 2 aromatic rings. The van der Waals surface area contributed by atoms with Crippen LogP contribution in [0.1, 0.15) is 121 Å². The highest BCUT2D eigenvalue weighted by Gasteiger charge is 2.21. The summed E-state index contributed by atoms with van der Waals surface area (Å²) in [5, 5.41) is 8.89. The van der Waals surface area contributed by atoms with Crippen LogP contribution < -0.4 is 0 Å². The van der Waals surface area contributed by atoms with Crippen LogP contribution in [0.3, 0.4) is 0 Å². The predicted molar refractivity (Wildman–Crippen MR) is 142 cm³/mol. The summed E-state index contributed by atoms with van der Waals surface area (Å²) in [6.45, 7) is 4.51. The Balaban J connectivity index is 1.40. The molecule has 0 amide bonds. The zero-order chi connectivity index (χ0) is 24.0. The van der Waals surface area contributed by atoms with Gasteiger partial charge >= 0.3 is 0 Å². The van der Waals surface area contributed by atoms with Gasteiger partial charge in [0.2, 0.25) is 0 Å². The van der Waals surface area contributed by atoms with Crippen LogP contribution >= 0.6 is 0 Å². The number of unbranched alkanes of at least 4 members (excludes halogenated alkanes) is 7. The number of nitrogens with zero attached hydrogens (tertiary/aromatic N) is 2. The van der Waals surface area contributed by atoms with Crippen molar-refractivity contribution in [1.82, 2.24) is 10.2 Å². The average Bonchev–Trinajstić information content (AvgIpc) is 2.87. The van der Waals surface area contributed by atoms with Crippen LogP contribution in [0.2, 0.25) is 0 Å². The van der Waals surface area contributed by atoms with Gasteiger partial charge in [0.15, 0.2) is 0 Å². The molecule has 0 bridgehead atoms. The summed E-state index contributed by atoms with van der Waals surface area (Å²) in [4.78, 5) is 0. The summed E-state index contributed by atoms with van der Waals surface area (Å²) in [5.74, 6) is 1.71. The summed E-state index contributed by atoms with van der Waals surface area (Å²) >= 11 is 0. The number of aryl methyl sites for hydroxylation is 2. The van der Waals surface area contributed by atoms with Gasteiger partial charge in [0.1, 0.15) is 5.82 Å². The lowest BCUT2D eigenvalue weighted by Gasteiger charge is -2.28. The van der Waals surface area contributed by atoms with Crippen molar-refractivity contribution in [3.8, 4) is 11.3 Å². The van der Waals surface area contributed by atoms with Gasteiger partial charge < -0.3 is 0 Å². The molecule has 0 aliphatic heterocycles. The maximum atomic E-state index is 14.6. The Labute approximate surface area is 208 Å². The van der Waals surface area contributed by atoms with Gasteiger partial charge in [0, 0.05) is 5.56 Å². The Morgan fingerprint density at radius 3 is 2.03 bits per heavy atom. The van der Waals surface area contributed by atoms with Crippen molar-refractivity contribution >= 4 is 0 Å². The lowest BCUT2D eigenvalue weighted by atomic mass is 9.78. The number of rotatable bonds is 15. The topological polar surface area (TPSA) is 25.8 Å². The van der Waals surface area contributed by atoms with E-state index in [1.807, 2.05) is 18.2 Å². The van der Waals surface area contributed by atoms with Gasteiger partial charge in [-0.25, -0.2) is 4.39 Å². The highest BCUT2D eigenvalue weighted by molar-refractivity contribution is 5.59. The quantitative estimate of drug-likeness (QED) is 0.244. The molecule has 3 rings (SSSR count). The molecule has 34 heavy (non-hydrogen) atoms. The maximum Gasteiger partial charge on any atom is 0.127 e. The van der Waals surface area contributed by atoms with E-state index in [4.69, 9.17) is 0 Å². The number of aromatic nitrogens is 2. The monoisotopic (exact) mass is 466 g/mol. The Morgan fingerprint density at radius 1 is 0.706 bits per heavy atom. The van der Waals surface area contributed by atoms with Crippen LogP contribution in [0.25, 0.3) is 11.3 Å². The van der Waals surface area contributed by atoms with Crippen LogP contribution in [0.15, 0.2) is 30.3 Å². The summed E-state index contributed by atoms with van der Waals surface area (Å²) in [7, 11) is 0. The average molecular weight is 467 g/mol. The van der Waals surface area contributed by atoms with E-state index in [2.05, 4.69) is 30.1 Å². The zero-order valence-corrected chi connectivity index (χ0v) is 21.8. The fraction of sp³-hybridized carbons (Fsp3) is 0.677. The maximum absolute atomic E-state index is 14.6. The van der Waals surface area contributed by atoms with Crippen molar-refractivity contribution in [2.24, 2.45) is 11.8 Å². The van der Waals surface area contributed by atoms with Crippen LogP contribution in [0, 0.1) is 17.7 Å². The minimum absolute atomic E-state index is 0.111. The molecule has 0 atom stereocenters. The first kappa shape index (κ1) is 26.8. The Bertz CT molecular complexity index is 809. The molecule has 1 aromatic heterocycles. The molecule has 0 radical (unpaired) electrons. The number of benzene rings is 1. The smallest absolute Gasteiger partial charge is 0.127 e. The summed E-state index contributed by atoms with van der Waals surface area (Å²) in [6.07, 6.45) is 21.7. The second kappa shape index (κ2) is 15.3. The van der Waals surface area contributed by atoms with Crippen LogP contribution in [0.5, 0.6) is 0 Å². The van der Waals surface area contributed by atoms with E-state index >= 15 is 0 Å². The highest BCUT2D eigenvalue weighted by Crippen LogP contribution is 2.34. The fourth-order valence-corrected chi connectivity index (χ4v) is 5.50. The van der Waals surface area contributed by atoms with E-state index in [1.165, 1.54) is 89.9 Å². The standard InChI is InChI=1S/C31H47FN2/c1-3-5-7-9-11-13-27-19-20-28(24-30(27)32)31-23-22-29(33-34-31)21-18-26-16-14-25(15-17-26)12-10-8-6-4-2/h19-20,22-26H,3-18,21H2,1-2H3. The number of hydrogen-bond acceptors (Lipinski definition) is 2. The van der Waals surface area contributed by atoms with Crippen molar-refractivity contribution in [1.29, 1.82) is 0 Å². The van der Waals surface area contributed by atoms with Gasteiger partial charge in [-0.2, -0.15) is 10.2 Å². The third-order valence-corrected chi connectivity index (χ3v) is 7.86. The molecule has 1 fully saturated rings. The van der Waals surface area contributed by atoms with Crippen molar-refractivity contribution in [2.45, 2.75) is 123 Å². The molecule has 3 heteroatoms. The number of halogens is 1. The molecule has 1 aromatic carbocycles. The van der Waals surface area contributed by atoms with E-state index in [0.717, 1.165) is 53.6 Å². The molecule has 1 aliphatic carbocycles. The van der Waals surface area contributed by atoms with E-state index < -0.39 is 0 Å². The molecule has 0 saturated heterocycles. The minimum Gasteiger partial charge on any atom is -0.207 e. The van der Waals surface area contributed by atoms with Crippen molar-refractivity contribution < 1.29 is 4.39 Å². The molecule has 0 unspecified atom stereocenters. The molecule has 188 valence electrons. The zero-order valence-electron chi connectivity index (χ0n) is 21.8. The van der Waals surface area contributed by atoms with Gasteiger partial charge in [-0.15, -0.1) is 0 Å². The Morgan fingerprint density at radius 2 is 1.38 bits per heavy atom. The van der Waals surface area contributed by atoms with Gasteiger partial charge in [-0.05, 0) is 61.3 Å². The van der Waals surface area contributed by atoms with E-state index in [1.54, 1.807) is 6.07 Å². The molecule has 0 spiro atoms. The number of hydrogen-bond donors (Lipinski definition) is 0. The van der Waals surface area contributed by atoms with Gasteiger partial charge in [0.05, 0.1) is 11.4 Å². The first-order chi connectivity index (χ1) is 16.7. The molecule has 1 aliphatic rings. The Hall–Kier alpha value is -1.77. The van der Waals surface area contributed by atoms with Crippen molar-refractivity contribution in [3.05, 3.63) is 47.4 Å². The van der Waals surface area contributed by atoms with Crippen molar-refractivity contribution in [3.63, 3.8) is 0 Å². The van der Waals surface area contributed by atoms with Gasteiger partial charge in [-0.3, -0.25) is 0 Å². The second-order valence-electron chi connectivity index (χ2n) is 10.7. The Kier molecular flexibility index (Phi) is 12.1. The first-order valence-electron chi connectivity index (χ1n) is 14.3. The molecule has 1 saturated carbocycles. The minimum atomic E-state index is -0.111. The summed E-state index contributed by atoms with van der Waals surface area (Å²) in [5.41, 5.74) is 3.47. The highest BCUT2D eigenvalue weighted by atomic mass is 19.1. The summed E-state index contributed by atoms with van der Waals surface area (Å²) in [6, 6.07) is 9.65. The lowest BCUT2D eigenvalue weighted by Crippen LogP contribution is -2.15. The van der Waals surface area contributed by atoms with Gasteiger partial charge in [0.25, 0.3) is 0 Å². The molecular weight excluding hydrogens is 419 g/mol. The normalized spacial score (nSPS) is 18.3. The van der Waals surface area contributed by atoms with Crippen LogP contribution in [-0.4, -0.2) is 10.2 Å². The van der Waals surface area contributed by atoms with Gasteiger partial charge in [-0.1, -0.05) is 109 Å². The summed E-state index contributed by atoms with van der Waals surface area (Å²) < 4.78 is 14.6. The van der Waals surface area contributed by atoms with E-state index in [-0.39, 0.29) is 5.82 Å². The molecule has 2 nitrogen and oxygen atoms in total. The lowest BCUT2D eigenvalue weighted by molar-refractivity contribution is 0.248. The van der Waals surface area contributed by atoms with E-state index in [9.17, 15) is 4.39 Å². The molecule has 0 N–H and O–H groups in total. The predicted octanol–water partition coefficient (Wildman–Crippen LogP) is 9.50. The third-order valence-electron chi connectivity index (χ3n) is 7.86. The SMILES string of the molecule is CCCCCCCc1ccc(-c2ccc(CCC3CCC(CCCCCC)CC3)nn2)cc1F. The molecular formula is C31H47FN2. The first-order valence-corrected chi connectivity index (χ1v) is 14.3. The second-order valence-corrected chi connectivity index (χ2v) is 10.7. The van der Waals surface area contributed by atoms with Crippen LogP contribution in [0.4, 0.5) is 4.39 Å². The fourth-order valence-electron chi connectivity index (χ4n) is 5.50. The molecule has 1 heterocycles. The van der Waals surface area contributed by atoms with Crippen LogP contribution in [-0.2, 0) is 12.8 Å². The van der Waals surface area contributed by atoms with Crippen molar-refractivity contribution in [2.75, 3.05) is 0 Å². The van der Waals surface area contributed by atoms with E-state index in [0.29, 0.717) is 0 Å². The largest absolute Gasteiger partial charge is 0.207 e.